The number of nitrogens with one attached hydrogen (secondary N) is 4. The maximum absolute atomic E-state index is 13.2. The summed E-state index contributed by atoms with van der Waals surface area (Å²) in [6.07, 6.45) is 6.13. The number of methoxy groups -OCH3 is 1. The molecule has 0 spiro atoms. The first-order valence-electron chi connectivity index (χ1n) is 18.0. The van der Waals surface area contributed by atoms with Crippen LogP contribution in [0.25, 0.3) is 0 Å². The number of hydrogen-bond acceptors (Lipinski definition) is 9. The third-order valence-electron chi connectivity index (χ3n) is 9.03. The van der Waals surface area contributed by atoms with Crippen LogP contribution in [0, 0.1) is 0 Å². The smallest absolute Gasteiger partial charge is 0.291 e. The Hall–Kier alpha value is -6.38. The number of rotatable bonds is 13. The molecule has 4 amide bonds. The van der Waals surface area contributed by atoms with E-state index < -0.39 is 5.91 Å². The number of nitrogens with zero attached hydrogens (tertiary/aromatic N) is 5. The topological polar surface area (TPSA) is 173 Å². The highest BCUT2D eigenvalue weighted by atomic mass is 16.5. The Labute approximate surface area is 319 Å². The van der Waals surface area contributed by atoms with Crippen LogP contribution >= 0.6 is 0 Å². The monoisotopic (exact) mass is 749 g/mol. The van der Waals surface area contributed by atoms with E-state index in [1.54, 1.807) is 60.4 Å². The van der Waals surface area contributed by atoms with Gasteiger partial charge in [-0.1, -0.05) is 24.3 Å². The number of anilines is 3. The summed E-state index contributed by atoms with van der Waals surface area (Å²) in [6, 6.07) is 12.7. The highest BCUT2D eigenvalue weighted by molar-refractivity contribution is 6.04. The summed E-state index contributed by atoms with van der Waals surface area (Å²) < 4.78 is 14.6. The average Bonchev–Trinajstić information content (AvgIpc) is 3.80. The first-order chi connectivity index (χ1) is 26.2. The van der Waals surface area contributed by atoms with Crippen molar-refractivity contribution in [2.75, 3.05) is 36.2 Å². The lowest BCUT2D eigenvalue weighted by atomic mass is 10.1. The lowest BCUT2D eigenvalue weighted by molar-refractivity contribution is -0.116. The lowest BCUT2D eigenvalue weighted by Gasteiger charge is -2.22. The number of carbonyl (C=O) groups excluding carboxylic acids is 4. The van der Waals surface area contributed by atoms with E-state index in [2.05, 4.69) is 58.6 Å². The second-order valence-corrected chi connectivity index (χ2v) is 14.7. The molecule has 2 aromatic heterocycles. The third kappa shape index (κ3) is 9.23. The number of benzene rings is 2. The van der Waals surface area contributed by atoms with Gasteiger partial charge < -0.3 is 44.8 Å². The van der Waals surface area contributed by atoms with Gasteiger partial charge in [0.25, 0.3) is 17.7 Å². The molecule has 55 heavy (non-hydrogen) atoms. The van der Waals surface area contributed by atoms with Crippen molar-refractivity contribution in [2.24, 2.45) is 19.1 Å². The number of ether oxygens (including phenoxy) is 2. The van der Waals surface area contributed by atoms with Gasteiger partial charge >= 0.3 is 0 Å². The predicted octanol–water partition coefficient (Wildman–Crippen LogP) is 5.44. The van der Waals surface area contributed by atoms with Gasteiger partial charge in [0.15, 0.2) is 17.3 Å². The fourth-order valence-corrected chi connectivity index (χ4v) is 6.42. The molecular weight excluding hydrogens is 702 g/mol. The zero-order chi connectivity index (χ0) is 39.4. The van der Waals surface area contributed by atoms with E-state index in [0.29, 0.717) is 60.1 Å². The SMILES string of the molecule is C=C1C[C@H]2C=Nc3cc(OCCCC(=O)Nc4cn(C)c(C(=O)Nc5cc(C(=O)NCc6ccc(NC(C)(C)C)cc6)n(C)c5)n4)c(OC)cc3C(=O)N2C1. The summed E-state index contributed by atoms with van der Waals surface area (Å²) in [5, 5.41) is 11.8. The molecule has 6 rings (SSSR count). The maximum Gasteiger partial charge on any atom is 0.291 e. The summed E-state index contributed by atoms with van der Waals surface area (Å²) in [6.45, 7) is 11.3. The van der Waals surface area contributed by atoms with Gasteiger partial charge in [-0.3, -0.25) is 24.2 Å². The van der Waals surface area contributed by atoms with Crippen molar-refractivity contribution in [1.29, 1.82) is 0 Å². The third-order valence-corrected chi connectivity index (χ3v) is 9.03. The van der Waals surface area contributed by atoms with Crippen LogP contribution in [-0.2, 0) is 25.4 Å². The molecule has 4 N–H and O–H groups in total. The maximum atomic E-state index is 13.2. The van der Waals surface area contributed by atoms with Crippen molar-refractivity contribution in [2.45, 2.75) is 58.2 Å². The number of aromatic nitrogens is 3. The van der Waals surface area contributed by atoms with E-state index >= 15 is 0 Å². The van der Waals surface area contributed by atoms with E-state index in [1.165, 1.54) is 11.7 Å². The summed E-state index contributed by atoms with van der Waals surface area (Å²) >= 11 is 0. The Morgan fingerprint density at radius 3 is 2.45 bits per heavy atom. The summed E-state index contributed by atoms with van der Waals surface area (Å²) in [4.78, 5) is 62.7. The van der Waals surface area contributed by atoms with Crippen molar-refractivity contribution in [3.05, 3.63) is 89.7 Å². The molecule has 2 aliphatic heterocycles. The molecular formula is C40H47N9O6. The molecule has 0 saturated carbocycles. The Kier molecular flexibility index (Phi) is 11.1. The van der Waals surface area contributed by atoms with Gasteiger partial charge in [-0.15, -0.1) is 0 Å². The van der Waals surface area contributed by atoms with Crippen LogP contribution in [0.2, 0.25) is 0 Å². The molecule has 2 aromatic carbocycles. The summed E-state index contributed by atoms with van der Waals surface area (Å²) in [7, 11) is 4.87. The number of imidazole rings is 1. The second kappa shape index (κ2) is 15.9. The van der Waals surface area contributed by atoms with Gasteiger partial charge in [0.1, 0.15) is 5.69 Å². The minimum Gasteiger partial charge on any atom is -0.493 e. The number of aryl methyl sites for hydroxylation is 2. The van der Waals surface area contributed by atoms with E-state index in [4.69, 9.17) is 9.47 Å². The molecule has 0 bridgehead atoms. The van der Waals surface area contributed by atoms with Crippen LogP contribution in [0.3, 0.4) is 0 Å². The predicted molar refractivity (Wildman–Crippen MR) is 211 cm³/mol. The van der Waals surface area contributed by atoms with Gasteiger partial charge in [0.05, 0.1) is 36.7 Å². The van der Waals surface area contributed by atoms with Crippen LogP contribution in [0.15, 0.2) is 72.0 Å². The highest BCUT2D eigenvalue weighted by Crippen LogP contribution is 2.38. The average molecular weight is 750 g/mol. The zero-order valence-corrected chi connectivity index (χ0v) is 32.0. The quantitative estimate of drug-likeness (QED) is 0.103. The van der Waals surface area contributed by atoms with Crippen molar-refractivity contribution >= 4 is 52.7 Å². The van der Waals surface area contributed by atoms with Crippen molar-refractivity contribution < 1.29 is 28.7 Å². The summed E-state index contributed by atoms with van der Waals surface area (Å²) in [5.41, 5.74) is 4.59. The fraction of sp³-hybridized carbons (Fsp3) is 0.350. The number of hydrogen-bond donors (Lipinski definition) is 4. The van der Waals surface area contributed by atoms with Crippen LogP contribution in [0.1, 0.15) is 77.1 Å². The minimum atomic E-state index is -0.510. The molecule has 4 aromatic rings. The Morgan fingerprint density at radius 2 is 1.73 bits per heavy atom. The van der Waals surface area contributed by atoms with E-state index in [9.17, 15) is 19.2 Å². The Balaban J connectivity index is 0.975. The van der Waals surface area contributed by atoms with E-state index in [0.717, 1.165) is 16.8 Å². The van der Waals surface area contributed by atoms with E-state index in [-0.39, 0.29) is 54.0 Å². The summed E-state index contributed by atoms with van der Waals surface area (Å²) in [5.74, 6) is -0.149. The highest BCUT2D eigenvalue weighted by Gasteiger charge is 2.34. The molecule has 1 atom stereocenters. The van der Waals surface area contributed by atoms with Gasteiger partial charge in [0.2, 0.25) is 11.7 Å². The number of fused-ring (bicyclic) bond motifs is 2. The van der Waals surface area contributed by atoms with Crippen molar-refractivity contribution in [3.63, 3.8) is 0 Å². The van der Waals surface area contributed by atoms with Gasteiger partial charge in [0, 0.05) is 69.5 Å². The molecule has 0 unspecified atom stereocenters. The standard InChI is InChI=1S/C40H47N9O6/c1-24-15-28-20-41-30-18-33(32(54-7)17-29(30)39(53)49(28)21-24)55-14-8-9-35(50)44-34-23-48(6)36(45-34)38(52)43-27-16-31(47(5)22-27)37(51)42-19-25-10-12-26(13-11-25)46-40(2,3)4/h10-13,16-18,20,22-23,28,46H,1,8-9,14-15,19,21H2,2-7H3,(H,42,51)(H,43,52)(H,44,50)/t28-/m0/s1. The van der Waals surface area contributed by atoms with E-state index in [1.807, 2.05) is 24.3 Å². The first-order valence-corrected chi connectivity index (χ1v) is 18.0. The molecule has 0 aliphatic carbocycles. The van der Waals surface area contributed by atoms with Gasteiger partial charge in [-0.2, -0.15) is 0 Å². The molecule has 4 heterocycles. The molecule has 2 aliphatic rings. The molecule has 288 valence electrons. The second-order valence-electron chi connectivity index (χ2n) is 14.7. The number of aliphatic imine (C=N–C) groups is 1. The van der Waals surface area contributed by atoms with Gasteiger partial charge in [-0.25, -0.2) is 4.98 Å². The Bertz CT molecular complexity index is 2160. The molecule has 15 nitrogen and oxygen atoms in total. The molecule has 15 heteroatoms. The Morgan fingerprint density at radius 1 is 0.964 bits per heavy atom. The van der Waals surface area contributed by atoms with Crippen molar-refractivity contribution in [1.82, 2.24) is 24.3 Å². The zero-order valence-electron chi connectivity index (χ0n) is 32.0. The first kappa shape index (κ1) is 38.3. The number of amides is 4. The van der Waals surface area contributed by atoms with Crippen LogP contribution in [0.5, 0.6) is 11.5 Å². The molecule has 1 fully saturated rings. The normalized spacial score (nSPS) is 14.9. The van der Waals surface area contributed by atoms with Crippen LogP contribution in [0.4, 0.5) is 22.9 Å². The fourth-order valence-electron chi connectivity index (χ4n) is 6.42. The van der Waals surface area contributed by atoms with Crippen molar-refractivity contribution in [3.8, 4) is 11.5 Å². The van der Waals surface area contributed by atoms with Crippen LogP contribution in [-0.4, -0.2) is 80.7 Å². The minimum absolute atomic E-state index is 0.0561. The number of carbonyl (C=O) groups is 4. The van der Waals surface area contributed by atoms with Gasteiger partial charge in [-0.05, 0) is 63.4 Å². The largest absolute Gasteiger partial charge is 0.493 e. The van der Waals surface area contributed by atoms with Crippen LogP contribution < -0.4 is 30.7 Å². The molecule has 1 saturated heterocycles. The molecule has 0 radical (unpaired) electrons. The lowest BCUT2D eigenvalue weighted by Crippen LogP contribution is -2.35.